The number of aromatic amines is 1. The predicted octanol–water partition coefficient (Wildman–Crippen LogP) is 0.185. The number of rotatable bonds is 5. The number of H-pyrrole nitrogens is 1. The van der Waals surface area contributed by atoms with E-state index in [4.69, 9.17) is 9.47 Å². The Morgan fingerprint density at radius 3 is 3.00 bits per heavy atom. The lowest BCUT2D eigenvalue weighted by Crippen LogP contribution is -2.41. The highest BCUT2D eigenvalue weighted by molar-refractivity contribution is 7.89. The van der Waals surface area contributed by atoms with Gasteiger partial charge in [0.2, 0.25) is 0 Å². The number of fused-ring (bicyclic) bond motifs is 2. The zero-order valence-corrected chi connectivity index (χ0v) is 12.4. The third-order valence-electron chi connectivity index (χ3n) is 3.78. The van der Waals surface area contributed by atoms with Crippen molar-refractivity contribution in [1.82, 2.24) is 14.9 Å². The molecule has 116 valence electrons. The smallest absolute Gasteiger partial charge is 0.342 e. The molecule has 8 nitrogen and oxygen atoms in total. The standard InChI is InChI=1S/C12H17N3O5S/c1-2-19-12(16)8-6-13-14-11(8)21(17,18)15-9-5-7-3-4-10(9)20-7/h6-7,9-10,15H,2-5H2,1H3,(H,13,14). The van der Waals surface area contributed by atoms with E-state index in [-0.39, 0.29) is 35.4 Å². The molecule has 3 unspecified atom stereocenters. The van der Waals surface area contributed by atoms with Crippen molar-refractivity contribution in [3.63, 3.8) is 0 Å². The molecule has 2 saturated heterocycles. The van der Waals surface area contributed by atoms with E-state index in [1.54, 1.807) is 6.92 Å². The minimum atomic E-state index is -3.87. The summed E-state index contributed by atoms with van der Waals surface area (Å²) in [6, 6.07) is -0.257. The van der Waals surface area contributed by atoms with E-state index in [9.17, 15) is 13.2 Å². The molecular formula is C12H17N3O5S. The molecule has 21 heavy (non-hydrogen) atoms. The molecule has 2 aliphatic heterocycles. The van der Waals surface area contributed by atoms with Crippen molar-refractivity contribution in [2.24, 2.45) is 0 Å². The number of carbonyl (C=O) groups is 1. The van der Waals surface area contributed by atoms with Gasteiger partial charge in [0.25, 0.3) is 10.0 Å². The topological polar surface area (TPSA) is 110 Å². The molecule has 2 N–H and O–H groups in total. The summed E-state index contributed by atoms with van der Waals surface area (Å²) in [4.78, 5) is 11.7. The number of esters is 1. The van der Waals surface area contributed by atoms with E-state index in [1.807, 2.05) is 0 Å². The van der Waals surface area contributed by atoms with E-state index in [0.29, 0.717) is 6.42 Å². The molecule has 3 rings (SSSR count). The molecule has 0 spiro atoms. The van der Waals surface area contributed by atoms with Crippen LogP contribution in [-0.4, -0.2) is 49.4 Å². The highest BCUT2D eigenvalue weighted by Crippen LogP contribution is 2.35. The number of nitrogens with zero attached hydrogens (tertiary/aromatic N) is 1. The van der Waals surface area contributed by atoms with Gasteiger partial charge in [-0.25, -0.2) is 17.9 Å². The van der Waals surface area contributed by atoms with E-state index in [2.05, 4.69) is 14.9 Å². The first-order chi connectivity index (χ1) is 10.0. The average Bonchev–Trinajstić information content (AvgIpc) is 3.14. The van der Waals surface area contributed by atoms with Gasteiger partial charge in [-0.05, 0) is 26.2 Å². The Kier molecular flexibility index (Phi) is 3.72. The summed E-state index contributed by atoms with van der Waals surface area (Å²) in [5, 5.41) is 5.74. The van der Waals surface area contributed by atoms with Gasteiger partial charge < -0.3 is 9.47 Å². The number of nitrogens with one attached hydrogen (secondary N) is 2. The molecule has 2 aliphatic rings. The molecule has 9 heteroatoms. The first kappa shape index (κ1) is 14.5. The number of sulfonamides is 1. The van der Waals surface area contributed by atoms with Crippen molar-refractivity contribution >= 4 is 16.0 Å². The molecule has 2 bridgehead atoms. The summed E-state index contributed by atoms with van der Waals surface area (Å²) in [5.41, 5.74) is -0.0894. The molecule has 1 aromatic heterocycles. The molecular weight excluding hydrogens is 298 g/mol. The minimum Gasteiger partial charge on any atom is -0.462 e. The maximum absolute atomic E-state index is 12.4. The number of hydrogen-bond acceptors (Lipinski definition) is 6. The highest BCUT2D eigenvalue weighted by atomic mass is 32.2. The predicted molar refractivity (Wildman–Crippen MR) is 71.2 cm³/mol. The van der Waals surface area contributed by atoms with Gasteiger partial charge in [-0.1, -0.05) is 0 Å². The van der Waals surface area contributed by atoms with Crippen molar-refractivity contribution in [1.29, 1.82) is 0 Å². The molecule has 0 aliphatic carbocycles. The zero-order valence-electron chi connectivity index (χ0n) is 11.5. The van der Waals surface area contributed by atoms with E-state index < -0.39 is 16.0 Å². The fraction of sp³-hybridized carbons (Fsp3) is 0.667. The molecule has 1 aromatic rings. The van der Waals surface area contributed by atoms with Crippen molar-refractivity contribution in [2.45, 2.75) is 49.5 Å². The summed E-state index contributed by atoms with van der Waals surface area (Å²) in [5.74, 6) is -0.712. The van der Waals surface area contributed by atoms with Gasteiger partial charge in [0.1, 0.15) is 5.56 Å². The fourth-order valence-electron chi connectivity index (χ4n) is 2.85. The summed E-state index contributed by atoms with van der Waals surface area (Å²) in [6.07, 6.45) is 3.69. The molecule has 3 heterocycles. The van der Waals surface area contributed by atoms with Crippen LogP contribution in [0.3, 0.4) is 0 Å². The number of ether oxygens (including phenoxy) is 2. The third kappa shape index (κ3) is 2.68. The minimum absolute atomic E-state index is 0.0845. The van der Waals surface area contributed by atoms with Crippen LogP contribution in [-0.2, 0) is 19.5 Å². The monoisotopic (exact) mass is 315 g/mol. The van der Waals surface area contributed by atoms with Crippen molar-refractivity contribution in [3.8, 4) is 0 Å². The summed E-state index contributed by atoms with van der Waals surface area (Å²) in [7, 11) is -3.87. The van der Waals surface area contributed by atoms with Crippen LogP contribution >= 0.6 is 0 Å². The van der Waals surface area contributed by atoms with Crippen LogP contribution in [0.4, 0.5) is 0 Å². The zero-order chi connectivity index (χ0) is 15.0. The van der Waals surface area contributed by atoms with Gasteiger partial charge in [-0.15, -0.1) is 0 Å². The van der Waals surface area contributed by atoms with Crippen molar-refractivity contribution in [3.05, 3.63) is 11.8 Å². The van der Waals surface area contributed by atoms with Crippen molar-refractivity contribution < 1.29 is 22.7 Å². The maximum atomic E-state index is 12.4. The van der Waals surface area contributed by atoms with Crippen LogP contribution in [0, 0.1) is 0 Å². The van der Waals surface area contributed by atoms with Gasteiger partial charge in [0, 0.05) is 0 Å². The third-order valence-corrected chi connectivity index (χ3v) is 5.24. The Morgan fingerprint density at radius 1 is 1.57 bits per heavy atom. The SMILES string of the molecule is CCOC(=O)c1cn[nH]c1S(=O)(=O)NC1CC2CCC1O2. The second-order valence-electron chi connectivity index (χ2n) is 5.17. The molecule has 0 amide bonds. The molecule has 3 atom stereocenters. The van der Waals surface area contributed by atoms with Gasteiger partial charge in [-0.3, -0.25) is 5.10 Å². The average molecular weight is 315 g/mol. The normalized spacial score (nSPS) is 28.0. The van der Waals surface area contributed by atoms with E-state index in [0.717, 1.165) is 19.0 Å². The first-order valence-corrected chi connectivity index (χ1v) is 8.38. The maximum Gasteiger partial charge on any atom is 0.342 e. The Morgan fingerprint density at radius 2 is 2.38 bits per heavy atom. The van der Waals surface area contributed by atoms with Crippen LogP contribution < -0.4 is 4.72 Å². The Hall–Kier alpha value is -1.45. The number of carbonyl (C=O) groups excluding carboxylic acids is 1. The van der Waals surface area contributed by atoms with Crippen LogP contribution in [0.5, 0.6) is 0 Å². The highest BCUT2D eigenvalue weighted by Gasteiger charge is 2.43. The Labute approximate surface area is 122 Å². The second kappa shape index (κ2) is 5.39. The lowest BCUT2D eigenvalue weighted by Gasteiger charge is -2.19. The van der Waals surface area contributed by atoms with Gasteiger partial charge >= 0.3 is 5.97 Å². The fourth-order valence-corrected chi connectivity index (χ4v) is 4.22. The molecule has 0 radical (unpaired) electrons. The first-order valence-electron chi connectivity index (χ1n) is 6.89. The van der Waals surface area contributed by atoms with E-state index >= 15 is 0 Å². The van der Waals surface area contributed by atoms with Gasteiger partial charge in [-0.2, -0.15) is 5.10 Å². The molecule has 2 fully saturated rings. The lowest BCUT2D eigenvalue weighted by atomic mass is 9.96. The van der Waals surface area contributed by atoms with Gasteiger partial charge in [0.15, 0.2) is 5.03 Å². The number of aromatic nitrogens is 2. The van der Waals surface area contributed by atoms with Crippen LogP contribution in [0.1, 0.15) is 36.5 Å². The quantitative estimate of drug-likeness (QED) is 0.750. The van der Waals surface area contributed by atoms with Crippen molar-refractivity contribution in [2.75, 3.05) is 6.61 Å². The Bertz CT molecular complexity index is 641. The van der Waals surface area contributed by atoms with Crippen LogP contribution in [0.25, 0.3) is 0 Å². The number of hydrogen-bond donors (Lipinski definition) is 2. The van der Waals surface area contributed by atoms with Gasteiger partial charge in [0.05, 0.1) is 31.1 Å². The summed E-state index contributed by atoms with van der Waals surface area (Å²) in [6.45, 7) is 1.81. The largest absolute Gasteiger partial charge is 0.462 e. The lowest BCUT2D eigenvalue weighted by molar-refractivity contribution is 0.0522. The summed E-state index contributed by atoms with van der Waals surface area (Å²) >= 11 is 0. The van der Waals surface area contributed by atoms with Crippen LogP contribution in [0.2, 0.25) is 0 Å². The second-order valence-corrected chi connectivity index (χ2v) is 6.82. The van der Waals surface area contributed by atoms with Crippen LogP contribution in [0.15, 0.2) is 11.2 Å². The Balaban J connectivity index is 1.79. The molecule has 0 aromatic carbocycles. The summed E-state index contributed by atoms with van der Waals surface area (Å²) < 4.78 is 37.9. The molecule has 0 saturated carbocycles. The van der Waals surface area contributed by atoms with E-state index in [1.165, 1.54) is 0 Å².